The molecule has 9 nitrogen and oxygen atoms in total. The Morgan fingerprint density at radius 1 is 1.05 bits per heavy atom. The highest BCUT2D eigenvalue weighted by atomic mass is 19.1. The molecular weight excluding hydrogens is 487 g/mol. The van der Waals surface area contributed by atoms with Gasteiger partial charge in [0.25, 0.3) is 5.91 Å². The number of hydrogen-bond acceptors (Lipinski definition) is 7. The van der Waals surface area contributed by atoms with E-state index in [0.717, 1.165) is 31.7 Å². The fourth-order valence-electron chi connectivity index (χ4n) is 4.22. The van der Waals surface area contributed by atoms with E-state index < -0.39 is 11.7 Å². The zero-order valence-electron chi connectivity index (χ0n) is 23.1. The normalized spacial score (nSPS) is 11.6. The van der Waals surface area contributed by atoms with E-state index in [-0.39, 0.29) is 40.3 Å². The summed E-state index contributed by atoms with van der Waals surface area (Å²) in [5.74, 6) is -1.44. The molecule has 38 heavy (non-hydrogen) atoms. The van der Waals surface area contributed by atoms with Crippen LogP contribution in [0.1, 0.15) is 62.3 Å². The average molecular weight is 527 g/mol. The number of rotatable bonds is 12. The van der Waals surface area contributed by atoms with Crippen molar-refractivity contribution in [2.75, 3.05) is 39.8 Å². The Hall–Kier alpha value is -3.50. The molecule has 10 heteroatoms. The highest BCUT2D eigenvalue weighted by molar-refractivity contribution is 5.92. The molecule has 1 aromatic heterocycles. The van der Waals surface area contributed by atoms with Gasteiger partial charge >= 0.3 is 0 Å². The predicted octanol–water partition coefficient (Wildman–Crippen LogP) is 4.13. The number of likely N-dealkylation sites (N-methyl/N-ethyl adjacent to an activating group) is 2. The Balaban J connectivity index is 2.07. The summed E-state index contributed by atoms with van der Waals surface area (Å²) in [6.07, 6.45) is 0. The average Bonchev–Trinajstić information content (AvgIpc) is 3.31. The molecule has 1 heterocycles. The monoisotopic (exact) mass is 526 g/mol. The molecule has 3 N–H and O–H groups in total. The lowest BCUT2D eigenvalue weighted by Crippen LogP contribution is -2.32. The van der Waals surface area contributed by atoms with Crippen LogP contribution < -0.4 is 5.32 Å². The number of phenols is 2. The van der Waals surface area contributed by atoms with Crippen LogP contribution in [0.15, 0.2) is 30.3 Å². The van der Waals surface area contributed by atoms with Crippen molar-refractivity contribution in [3.63, 3.8) is 0 Å². The molecule has 0 aliphatic heterocycles. The minimum Gasteiger partial charge on any atom is -0.508 e. The summed E-state index contributed by atoms with van der Waals surface area (Å²) in [5.41, 5.74) is 1.70. The van der Waals surface area contributed by atoms with Gasteiger partial charge in [0.1, 0.15) is 17.3 Å². The van der Waals surface area contributed by atoms with Crippen LogP contribution in [-0.2, 0) is 6.54 Å². The predicted molar refractivity (Wildman–Crippen MR) is 146 cm³/mol. The van der Waals surface area contributed by atoms with Gasteiger partial charge in [-0.3, -0.25) is 14.3 Å². The molecule has 0 aliphatic rings. The molecule has 0 bridgehead atoms. The second-order valence-corrected chi connectivity index (χ2v) is 9.68. The third kappa shape index (κ3) is 6.49. The number of aromatic nitrogens is 3. The van der Waals surface area contributed by atoms with Crippen LogP contribution in [-0.4, -0.2) is 80.5 Å². The lowest BCUT2D eigenvalue weighted by atomic mass is 9.98. The van der Waals surface area contributed by atoms with Gasteiger partial charge in [0.15, 0.2) is 5.82 Å². The Kier molecular flexibility index (Phi) is 9.82. The maximum Gasteiger partial charge on any atom is 0.289 e. The third-order valence-corrected chi connectivity index (χ3v) is 6.66. The summed E-state index contributed by atoms with van der Waals surface area (Å²) in [6.45, 7) is 14.3. The molecular formula is C28H39FN6O3. The quantitative estimate of drug-likeness (QED) is 0.326. The lowest BCUT2D eigenvalue weighted by molar-refractivity contribution is 0.0943. The molecule has 3 aromatic rings. The molecule has 0 atom stereocenters. The first kappa shape index (κ1) is 29.1. The van der Waals surface area contributed by atoms with Crippen molar-refractivity contribution >= 4 is 5.91 Å². The van der Waals surface area contributed by atoms with Gasteiger partial charge in [-0.1, -0.05) is 33.8 Å². The highest BCUT2D eigenvalue weighted by Crippen LogP contribution is 2.38. The SMILES string of the molecule is CCNC(=O)c1nnc(-c2cc(C(C)C)c(O)cc2O)n1-c1ccc(CN(CC)CCN(C)CC)cc1F. The Morgan fingerprint density at radius 3 is 2.39 bits per heavy atom. The van der Waals surface area contributed by atoms with Crippen LogP contribution in [0.25, 0.3) is 17.1 Å². The maximum atomic E-state index is 15.7. The minimum atomic E-state index is -0.543. The number of phenolic OH excluding ortho intramolecular Hbond substituents is 2. The highest BCUT2D eigenvalue weighted by Gasteiger charge is 2.26. The van der Waals surface area contributed by atoms with E-state index in [2.05, 4.69) is 46.2 Å². The zero-order valence-corrected chi connectivity index (χ0v) is 23.1. The van der Waals surface area contributed by atoms with E-state index in [1.165, 1.54) is 16.7 Å². The minimum absolute atomic E-state index is 0.0526. The smallest absolute Gasteiger partial charge is 0.289 e. The van der Waals surface area contributed by atoms with Crippen LogP contribution >= 0.6 is 0 Å². The number of nitrogens with zero attached hydrogens (tertiary/aromatic N) is 5. The van der Waals surface area contributed by atoms with Crippen molar-refractivity contribution in [3.8, 4) is 28.6 Å². The van der Waals surface area contributed by atoms with Gasteiger partial charge in [0, 0.05) is 32.2 Å². The standard InChI is InChI=1S/C28H39FN6O3/c1-7-30-28(38)27-32-31-26(21-15-20(18(4)5)24(36)16-25(21)37)35(27)23-11-10-19(14-22(23)29)17-34(9-3)13-12-33(6)8-2/h10-11,14-16,18,36-37H,7-9,12-13,17H2,1-6H3,(H,30,38). The van der Waals surface area contributed by atoms with Crippen LogP contribution in [0.2, 0.25) is 0 Å². The molecule has 3 rings (SSSR count). The molecule has 0 aliphatic carbocycles. The fourth-order valence-corrected chi connectivity index (χ4v) is 4.22. The van der Waals surface area contributed by atoms with Crippen molar-refractivity contribution in [3.05, 3.63) is 53.1 Å². The molecule has 0 saturated carbocycles. The van der Waals surface area contributed by atoms with E-state index in [0.29, 0.717) is 18.7 Å². The van der Waals surface area contributed by atoms with Gasteiger partial charge in [0.05, 0.1) is 11.3 Å². The number of hydrogen-bond donors (Lipinski definition) is 3. The van der Waals surface area contributed by atoms with Crippen molar-refractivity contribution in [2.45, 2.75) is 47.1 Å². The van der Waals surface area contributed by atoms with E-state index in [1.807, 2.05) is 19.9 Å². The zero-order chi connectivity index (χ0) is 28.0. The van der Waals surface area contributed by atoms with E-state index in [1.54, 1.807) is 19.1 Å². The second-order valence-electron chi connectivity index (χ2n) is 9.68. The van der Waals surface area contributed by atoms with Crippen molar-refractivity contribution < 1.29 is 19.4 Å². The largest absolute Gasteiger partial charge is 0.508 e. The molecule has 0 saturated heterocycles. The van der Waals surface area contributed by atoms with Gasteiger partial charge in [-0.25, -0.2) is 4.39 Å². The van der Waals surface area contributed by atoms with E-state index in [4.69, 9.17) is 0 Å². The molecule has 0 fully saturated rings. The number of aromatic hydroxyl groups is 2. The third-order valence-electron chi connectivity index (χ3n) is 6.66. The second kappa shape index (κ2) is 12.8. The number of carbonyl (C=O) groups is 1. The maximum absolute atomic E-state index is 15.7. The van der Waals surface area contributed by atoms with Crippen molar-refractivity contribution in [2.24, 2.45) is 0 Å². The van der Waals surface area contributed by atoms with Crippen LogP contribution in [0.4, 0.5) is 4.39 Å². The van der Waals surface area contributed by atoms with Gasteiger partial charge < -0.3 is 20.4 Å². The first-order valence-electron chi connectivity index (χ1n) is 13.1. The van der Waals surface area contributed by atoms with Crippen LogP contribution in [0.5, 0.6) is 11.5 Å². The van der Waals surface area contributed by atoms with Crippen molar-refractivity contribution in [1.29, 1.82) is 0 Å². The molecule has 2 aromatic carbocycles. The summed E-state index contributed by atoms with van der Waals surface area (Å²) in [5, 5.41) is 31.9. The van der Waals surface area contributed by atoms with E-state index >= 15 is 4.39 Å². The van der Waals surface area contributed by atoms with Gasteiger partial charge in [-0.2, -0.15) is 0 Å². The van der Waals surface area contributed by atoms with Crippen LogP contribution in [0, 0.1) is 5.82 Å². The lowest BCUT2D eigenvalue weighted by Gasteiger charge is -2.24. The Morgan fingerprint density at radius 2 is 1.79 bits per heavy atom. The molecule has 0 radical (unpaired) electrons. The number of nitrogens with one attached hydrogen (secondary N) is 1. The van der Waals surface area contributed by atoms with Gasteiger partial charge in [-0.15, -0.1) is 10.2 Å². The summed E-state index contributed by atoms with van der Waals surface area (Å²) < 4.78 is 17.0. The first-order chi connectivity index (χ1) is 18.1. The summed E-state index contributed by atoms with van der Waals surface area (Å²) in [4.78, 5) is 17.3. The molecule has 1 amide bonds. The Bertz CT molecular complexity index is 1260. The van der Waals surface area contributed by atoms with Crippen LogP contribution in [0.3, 0.4) is 0 Å². The van der Waals surface area contributed by atoms with Gasteiger partial charge in [-0.05, 0) is 62.3 Å². The summed E-state index contributed by atoms with van der Waals surface area (Å²) >= 11 is 0. The number of halogens is 1. The number of amides is 1. The van der Waals surface area contributed by atoms with E-state index in [9.17, 15) is 15.0 Å². The molecule has 206 valence electrons. The Labute approximate surface area is 223 Å². The first-order valence-corrected chi connectivity index (χ1v) is 13.1. The summed E-state index contributed by atoms with van der Waals surface area (Å²) in [7, 11) is 2.07. The number of benzene rings is 2. The van der Waals surface area contributed by atoms with Gasteiger partial charge in [0.2, 0.25) is 5.82 Å². The van der Waals surface area contributed by atoms with Crippen molar-refractivity contribution in [1.82, 2.24) is 29.9 Å². The molecule has 0 unspecified atom stereocenters. The number of carbonyl (C=O) groups excluding carboxylic acids is 1. The topological polar surface area (TPSA) is 107 Å². The fraction of sp³-hybridized carbons (Fsp3) is 0.464. The summed E-state index contributed by atoms with van der Waals surface area (Å²) in [6, 6.07) is 7.71. The molecule has 0 spiro atoms.